The molecule has 1 aliphatic rings. The summed E-state index contributed by atoms with van der Waals surface area (Å²) in [6, 6.07) is 5.13. The second-order valence-corrected chi connectivity index (χ2v) is 4.80. The summed E-state index contributed by atoms with van der Waals surface area (Å²) in [5.41, 5.74) is 2.53. The van der Waals surface area contributed by atoms with Crippen molar-refractivity contribution in [1.82, 2.24) is 19.5 Å². The van der Waals surface area contributed by atoms with Gasteiger partial charge in [0.25, 0.3) is 0 Å². The molecule has 1 fully saturated rings. The van der Waals surface area contributed by atoms with Crippen LogP contribution in [0.4, 0.5) is 4.39 Å². The minimum absolute atomic E-state index is 0.231. The number of aromatic nitrogens is 4. The number of hydrogen-bond donors (Lipinski definition) is 0. The fourth-order valence-electron chi connectivity index (χ4n) is 2.39. The van der Waals surface area contributed by atoms with Crippen molar-refractivity contribution in [2.24, 2.45) is 0 Å². The Morgan fingerprint density at radius 2 is 1.95 bits per heavy atom. The zero-order valence-electron chi connectivity index (χ0n) is 10.1. The van der Waals surface area contributed by atoms with Crippen LogP contribution < -0.4 is 0 Å². The lowest BCUT2D eigenvalue weighted by Crippen LogP contribution is -1.98. The highest BCUT2D eigenvalue weighted by Crippen LogP contribution is 2.41. The van der Waals surface area contributed by atoms with E-state index in [9.17, 15) is 4.39 Å². The van der Waals surface area contributed by atoms with Gasteiger partial charge in [0.05, 0.1) is 16.6 Å². The third-order valence-corrected chi connectivity index (χ3v) is 3.38. The first kappa shape index (κ1) is 10.6. The summed E-state index contributed by atoms with van der Waals surface area (Å²) in [7, 11) is 0. The molecule has 0 amide bonds. The highest BCUT2D eigenvalue weighted by atomic mass is 19.1. The molecule has 1 aliphatic carbocycles. The van der Waals surface area contributed by atoms with Gasteiger partial charge in [-0.2, -0.15) is 0 Å². The lowest BCUT2D eigenvalue weighted by atomic mass is 10.3. The second-order valence-electron chi connectivity index (χ2n) is 4.80. The summed E-state index contributed by atoms with van der Waals surface area (Å²) in [5, 5.41) is 0. The predicted octanol–water partition coefficient (Wildman–Crippen LogP) is 2.97. The lowest BCUT2D eigenvalue weighted by Gasteiger charge is -2.06. The van der Waals surface area contributed by atoms with Crippen molar-refractivity contribution in [1.29, 1.82) is 0 Å². The zero-order valence-corrected chi connectivity index (χ0v) is 10.1. The second kappa shape index (κ2) is 3.85. The zero-order chi connectivity index (χ0) is 12.8. The van der Waals surface area contributed by atoms with Gasteiger partial charge in [0.15, 0.2) is 0 Å². The Kier molecular flexibility index (Phi) is 2.15. The molecule has 2 aromatic heterocycles. The van der Waals surface area contributed by atoms with Crippen molar-refractivity contribution >= 4 is 11.0 Å². The van der Waals surface area contributed by atoms with Crippen molar-refractivity contribution in [2.75, 3.05) is 0 Å². The van der Waals surface area contributed by atoms with Crippen LogP contribution in [0.25, 0.3) is 22.4 Å². The van der Waals surface area contributed by atoms with E-state index in [1.807, 2.05) is 0 Å². The molecule has 0 aliphatic heterocycles. The number of rotatable bonds is 2. The van der Waals surface area contributed by atoms with Crippen molar-refractivity contribution in [3.8, 4) is 11.4 Å². The minimum atomic E-state index is -0.231. The molecule has 2 heterocycles. The molecule has 0 saturated heterocycles. The minimum Gasteiger partial charge on any atom is -0.321 e. The van der Waals surface area contributed by atoms with E-state index < -0.39 is 0 Å². The third-order valence-electron chi connectivity index (χ3n) is 3.38. The molecule has 1 saturated carbocycles. The fraction of sp³-hybridized carbons (Fsp3) is 0.214. The van der Waals surface area contributed by atoms with Crippen molar-refractivity contribution < 1.29 is 4.39 Å². The van der Waals surface area contributed by atoms with Gasteiger partial charge in [0.2, 0.25) is 0 Å². The number of imidazole rings is 1. The molecule has 3 aromatic rings. The van der Waals surface area contributed by atoms with E-state index in [-0.39, 0.29) is 5.82 Å². The topological polar surface area (TPSA) is 43.6 Å². The molecule has 19 heavy (non-hydrogen) atoms. The number of fused-ring (bicyclic) bond motifs is 1. The van der Waals surface area contributed by atoms with Gasteiger partial charge >= 0.3 is 0 Å². The van der Waals surface area contributed by atoms with Crippen molar-refractivity contribution in [3.63, 3.8) is 0 Å². The van der Waals surface area contributed by atoms with E-state index in [0.717, 1.165) is 35.3 Å². The van der Waals surface area contributed by atoms with E-state index in [0.29, 0.717) is 6.04 Å². The quantitative estimate of drug-likeness (QED) is 0.706. The van der Waals surface area contributed by atoms with Crippen LogP contribution in [-0.2, 0) is 0 Å². The van der Waals surface area contributed by atoms with Crippen LogP contribution in [0.15, 0.2) is 36.9 Å². The standard InChI is InChI=1S/C14H11FN4/c15-10-1-4-12-13(5-10)19(11-2-3-11)14(18-12)9-6-16-8-17-7-9/h1,4-8,11H,2-3H2. The van der Waals surface area contributed by atoms with Crippen LogP contribution in [0.1, 0.15) is 18.9 Å². The van der Waals surface area contributed by atoms with Gasteiger partial charge in [-0.15, -0.1) is 0 Å². The molecule has 0 bridgehead atoms. The molecular weight excluding hydrogens is 243 g/mol. The molecule has 0 N–H and O–H groups in total. The summed E-state index contributed by atoms with van der Waals surface area (Å²) in [4.78, 5) is 12.7. The Balaban J connectivity index is 2.02. The van der Waals surface area contributed by atoms with Crippen LogP contribution >= 0.6 is 0 Å². The summed E-state index contributed by atoms with van der Waals surface area (Å²) in [6.07, 6.45) is 7.20. The summed E-state index contributed by atoms with van der Waals surface area (Å²) >= 11 is 0. The number of hydrogen-bond acceptors (Lipinski definition) is 3. The van der Waals surface area contributed by atoms with Crippen molar-refractivity contribution in [2.45, 2.75) is 18.9 Å². The molecule has 94 valence electrons. The Labute approximate surface area is 109 Å². The smallest absolute Gasteiger partial charge is 0.144 e. The Morgan fingerprint density at radius 3 is 2.68 bits per heavy atom. The van der Waals surface area contributed by atoms with Crippen LogP contribution in [-0.4, -0.2) is 19.5 Å². The van der Waals surface area contributed by atoms with Crippen molar-refractivity contribution in [3.05, 3.63) is 42.7 Å². The number of benzene rings is 1. The molecule has 1 aromatic carbocycles. The van der Waals surface area contributed by atoms with Gasteiger partial charge in [-0.1, -0.05) is 0 Å². The normalized spacial score (nSPS) is 15.0. The summed E-state index contributed by atoms with van der Waals surface area (Å²) < 4.78 is 15.6. The van der Waals surface area contributed by atoms with E-state index in [4.69, 9.17) is 0 Å². The molecule has 5 heteroatoms. The van der Waals surface area contributed by atoms with Gasteiger partial charge in [0.1, 0.15) is 18.0 Å². The maximum Gasteiger partial charge on any atom is 0.144 e. The third kappa shape index (κ3) is 1.69. The largest absolute Gasteiger partial charge is 0.321 e. The molecule has 0 spiro atoms. The molecule has 0 atom stereocenters. The maximum atomic E-state index is 13.4. The molecular formula is C14H11FN4. The highest BCUT2D eigenvalue weighted by molar-refractivity contribution is 5.80. The predicted molar refractivity (Wildman–Crippen MR) is 69.0 cm³/mol. The van der Waals surface area contributed by atoms with E-state index >= 15 is 0 Å². The lowest BCUT2D eigenvalue weighted by molar-refractivity contribution is 0.628. The van der Waals surface area contributed by atoms with E-state index in [1.165, 1.54) is 12.4 Å². The molecule has 4 nitrogen and oxygen atoms in total. The monoisotopic (exact) mass is 254 g/mol. The highest BCUT2D eigenvalue weighted by Gasteiger charge is 2.28. The van der Waals surface area contributed by atoms with Crippen LogP contribution in [0.3, 0.4) is 0 Å². The van der Waals surface area contributed by atoms with Gasteiger partial charge < -0.3 is 4.57 Å². The molecule has 0 radical (unpaired) electrons. The molecule has 4 rings (SSSR count). The molecule has 0 unspecified atom stereocenters. The Morgan fingerprint density at radius 1 is 1.16 bits per heavy atom. The number of halogens is 1. The van der Waals surface area contributed by atoms with Gasteiger partial charge in [-0.05, 0) is 31.0 Å². The summed E-state index contributed by atoms with van der Waals surface area (Å²) in [5.74, 6) is 0.592. The number of nitrogens with zero attached hydrogens (tertiary/aromatic N) is 4. The average Bonchev–Trinajstić information content (AvgIpc) is 3.21. The van der Waals surface area contributed by atoms with Gasteiger partial charge in [0, 0.05) is 18.4 Å². The van der Waals surface area contributed by atoms with Gasteiger partial charge in [-0.3, -0.25) is 0 Å². The first-order valence-corrected chi connectivity index (χ1v) is 6.26. The van der Waals surface area contributed by atoms with Crippen LogP contribution in [0.2, 0.25) is 0 Å². The van der Waals surface area contributed by atoms with Crippen LogP contribution in [0.5, 0.6) is 0 Å². The van der Waals surface area contributed by atoms with E-state index in [2.05, 4.69) is 19.5 Å². The SMILES string of the molecule is Fc1ccc2nc(-c3cncnc3)n(C3CC3)c2c1. The fourth-order valence-corrected chi connectivity index (χ4v) is 2.39. The van der Waals surface area contributed by atoms with Gasteiger partial charge in [-0.25, -0.2) is 19.3 Å². The summed E-state index contributed by atoms with van der Waals surface area (Å²) in [6.45, 7) is 0. The first-order chi connectivity index (χ1) is 9.33. The average molecular weight is 254 g/mol. The Hall–Kier alpha value is -2.30. The maximum absolute atomic E-state index is 13.4. The Bertz CT molecular complexity index is 747. The van der Waals surface area contributed by atoms with Crippen LogP contribution in [0, 0.1) is 5.82 Å². The first-order valence-electron chi connectivity index (χ1n) is 6.26. The van der Waals surface area contributed by atoms with E-state index in [1.54, 1.807) is 24.5 Å².